The van der Waals surface area contributed by atoms with Crippen molar-refractivity contribution in [1.82, 2.24) is 15.1 Å². The van der Waals surface area contributed by atoms with E-state index in [1.807, 2.05) is 11.8 Å². The smallest absolute Gasteiger partial charge is 0.267 e. The fourth-order valence-corrected chi connectivity index (χ4v) is 4.00. The van der Waals surface area contributed by atoms with Crippen LogP contribution in [0, 0.1) is 0 Å². The second kappa shape index (κ2) is 6.09. The molecule has 0 amide bonds. The first-order valence-corrected chi connectivity index (χ1v) is 8.39. The predicted octanol–water partition coefficient (Wildman–Crippen LogP) is 1.24. The molecule has 1 saturated heterocycles. The van der Waals surface area contributed by atoms with Crippen LogP contribution in [-0.4, -0.2) is 46.2 Å². The van der Waals surface area contributed by atoms with Crippen molar-refractivity contribution < 1.29 is 0 Å². The van der Waals surface area contributed by atoms with Gasteiger partial charge in [0.1, 0.15) is 0 Å². The Hall–Kier alpha value is -0.810. The molecule has 19 heavy (non-hydrogen) atoms. The summed E-state index contributed by atoms with van der Waals surface area (Å²) in [6.07, 6.45) is 5.29. The average Bonchev–Trinajstić information content (AvgIpc) is 2.48. The van der Waals surface area contributed by atoms with Crippen LogP contribution in [0.25, 0.3) is 0 Å². The highest BCUT2D eigenvalue weighted by Crippen LogP contribution is 2.20. The molecule has 0 spiro atoms. The van der Waals surface area contributed by atoms with Crippen molar-refractivity contribution in [3.05, 3.63) is 27.2 Å². The van der Waals surface area contributed by atoms with Crippen molar-refractivity contribution in [2.45, 2.75) is 32.1 Å². The summed E-state index contributed by atoms with van der Waals surface area (Å²) in [5.41, 5.74) is 3.42. The molecule has 0 atom stereocenters. The quantitative estimate of drug-likeness (QED) is 0.904. The summed E-state index contributed by atoms with van der Waals surface area (Å²) in [6.45, 7) is 3.46. The maximum atomic E-state index is 11.8. The number of fused-ring (bicyclic) bond motifs is 1. The maximum absolute atomic E-state index is 11.8. The minimum atomic E-state index is 0.0350. The van der Waals surface area contributed by atoms with E-state index in [0.29, 0.717) is 0 Å². The van der Waals surface area contributed by atoms with Gasteiger partial charge in [0, 0.05) is 43.1 Å². The zero-order valence-corrected chi connectivity index (χ0v) is 12.1. The van der Waals surface area contributed by atoms with Gasteiger partial charge in [0.2, 0.25) is 0 Å². The van der Waals surface area contributed by atoms with Gasteiger partial charge in [-0.25, -0.2) is 5.10 Å². The summed E-state index contributed by atoms with van der Waals surface area (Å²) in [6, 6.07) is 0. The van der Waals surface area contributed by atoms with E-state index in [1.165, 1.54) is 36.6 Å². The summed E-state index contributed by atoms with van der Waals surface area (Å²) >= 11 is 2.04. The average molecular weight is 279 g/mol. The third-order valence-corrected chi connectivity index (χ3v) is 5.09. The van der Waals surface area contributed by atoms with Crippen molar-refractivity contribution in [3.8, 4) is 0 Å². The van der Waals surface area contributed by atoms with E-state index in [-0.39, 0.29) is 5.56 Å². The van der Waals surface area contributed by atoms with Crippen molar-refractivity contribution in [2.24, 2.45) is 0 Å². The van der Waals surface area contributed by atoms with Crippen molar-refractivity contribution in [2.75, 3.05) is 31.1 Å². The molecule has 1 fully saturated rings. The predicted molar refractivity (Wildman–Crippen MR) is 79.0 cm³/mol. The normalized spacial score (nSPS) is 20.2. The molecule has 0 unspecified atom stereocenters. The van der Waals surface area contributed by atoms with Crippen LogP contribution < -0.4 is 5.56 Å². The fourth-order valence-electron chi connectivity index (χ4n) is 3.02. The maximum Gasteiger partial charge on any atom is 0.267 e. The molecular weight excluding hydrogens is 258 g/mol. The highest BCUT2D eigenvalue weighted by atomic mass is 32.2. The number of aromatic amines is 1. The van der Waals surface area contributed by atoms with Crippen molar-refractivity contribution in [3.63, 3.8) is 0 Å². The molecule has 2 aliphatic rings. The van der Waals surface area contributed by atoms with Crippen LogP contribution in [0.1, 0.15) is 29.7 Å². The Morgan fingerprint density at radius 1 is 1.16 bits per heavy atom. The lowest BCUT2D eigenvalue weighted by atomic mass is 9.91. The monoisotopic (exact) mass is 279 g/mol. The van der Waals surface area contributed by atoms with Gasteiger partial charge in [-0.1, -0.05) is 0 Å². The Kier molecular flexibility index (Phi) is 4.23. The van der Waals surface area contributed by atoms with E-state index >= 15 is 0 Å². The van der Waals surface area contributed by atoms with Gasteiger partial charge in [-0.15, -0.1) is 0 Å². The first-order chi connectivity index (χ1) is 9.34. The zero-order valence-electron chi connectivity index (χ0n) is 11.3. The van der Waals surface area contributed by atoms with Crippen LogP contribution in [0.2, 0.25) is 0 Å². The van der Waals surface area contributed by atoms with Gasteiger partial charge in [-0.05, 0) is 31.2 Å². The summed E-state index contributed by atoms with van der Waals surface area (Å²) in [4.78, 5) is 14.3. The van der Waals surface area contributed by atoms with E-state index in [2.05, 4.69) is 15.1 Å². The third kappa shape index (κ3) is 3.03. The lowest BCUT2D eigenvalue weighted by Gasteiger charge is -2.26. The molecule has 3 rings (SSSR count). The second-order valence-electron chi connectivity index (χ2n) is 5.37. The van der Waals surface area contributed by atoms with E-state index in [0.717, 1.165) is 43.5 Å². The molecule has 1 aliphatic heterocycles. The third-order valence-electron chi connectivity index (χ3n) is 4.15. The number of nitrogens with zero attached hydrogens (tertiary/aromatic N) is 2. The van der Waals surface area contributed by atoms with Gasteiger partial charge < -0.3 is 4.90 Å². The highest BCUT2D eigenvalue weighted by Gasteiger charge is 2.18. The Bertz CT molecular complexity index is 494. The number of hydrogen-bond donors (Lipinski definition) is 1. The minimum absolute atomic E-state index is 0.0350. The van der Waals surface area contributed by atoms with Gasteiger partial charge >= 0.3 is 0 Å². The largest absolute Gasteiger partial charge is 0.301 e. The van der Waals surface area contributed by atoms with E-state index < -0.39 is 0 Å². The second-order valence-corrected chi connectivity index (χ2v) is 6.59. The van der Waals surface area contributed by atoms with Crippen LogP contribution in [0.15, 0.2) is 4.79 Å². The van der Waals surface area contributed by atoms with Gasteiger partial charge in [-0.2, -0.15) is 16.9 Å². The Balaban J connectivity index is 1.72. The topological polar surface area (TPSA) is 49.0 Å². The van der Waals surface area contributed by atoms with Crippen LogP contribution in [0.5, 0.6) is 0 Å². The summed E-state index contributed by atoms with van der Waals surface area (Å²) in [5.74, 6) is 2.49. The molecule has 1 aromatic heterocycles. The Morgan fingerprint density at radius 2 is 1.89 bits per heavy atom. The first-order valence-electron chi connectivity index (χ1n) is 7.24. The summed E-state index contributed by atoms with van der Waals surface area (Å²) in [7, 11) is 0. The van der Waals surface area contributed by atoms with Gasteiger partial charge in [-0.3, -0.25) is 4.79 Å². The molecule has 1 aromatic rings. The number of rotatable bonds is 3. The van der Waals surface area contributed by atoms with E-state index in [1.54, 1.807) is 0 Å². The van der Waals surface area contributed by atoms with Crippen LogP contribution in [0.4, 0.5) is 0 Å². The van der Waals surface area contributed by atoms with Gasteiger partial charge in [0.05, 0.1) is 5.69 Å². The minimum Gasteiger partial charge on any atom is -0.301 e. The molecule has 0 bridgehead atoms. The number of hydrogen-bond acceptors (Lipinski definition) is 4. The van der Waals surface area contributed by atoms with Crippen LogP contribution in [0.3, 0.4) is 0 Å². The number of thioether (sulfide) groups is 1. The molecule has 1 N–H and O–H groups in total. The standard InChI is InChI=1S/C14H21N3OS/c18-14-12-4-2-1-3-11(12)13(15-16-14)5-6-17-7-9-19-10-8-17/h1-10H2,(H,16,18). The Labute approximate surface area is 118 Å². The number of H-pyrrole nitrogens is 1. The van der Waals surface area contributed by atoms with Crippen molar-refractivity contribution in [1.29, 1.82) is 0 Å². The summed E-state index contributed by atoms with van der Waals surface area (Å²) in [5, 5.41) is 6.99. The number of nitrogens with one attached hydrogen (secondary N) is 1. The van der Waals surface area contributed by atoms with Crippen LogP contribution >= 0.6 is 11.8 Å². The molecular formula is C14H21N3OS. The van der Waals surface area contributed by atoms with E-state index in [4.69, 9.17) is 0 Å². The molecule has 0 radical (unpaired) electrons. The lowest BCUT2D eigenvalue weighted by Crippen LogP contribution is -2.35. The fraction of sp³-hybridized carbons (Fsp3) is 0.714. The molecule has 0 aromatic carbocycles. The summed E-state index contributed by atoms with van der Waals surface area (Å²) < 4.78 is 0. The first kappa shape index (κ1) is 13.2. The van der Waals surface area contributed by atoms with Crippen molar-refractivity contribution >= 4 is 11.8 Å². The molecule has 1 aliphatic carbocycles. The zero-order chi connectivity index (χ0) is 13.1. The molecule has 104 valence electrons. The molecule has 2 heterocycles. The van der Waals surface area contributed by atoms with Gasteiger partial charge in [0.15, 0.2) is 0 Å². The highest BCUT2D eigenvalue weighted by molar-refractivity contribution is 7.99. The van der Waals surface area contributed by atoms with Gasteiger partial charge in [0.25, 0.3) is 5.56 Å². The Morgan fingerprint density at radius 3 is 2.68 bits per heavy atom. The molecule has 0 saturated carbocycles. The lowest BCUT2D eigenvalue weighted by molar-refractivity contribution is 0.305. The molecule has 4 nitrogen and oxygen atoms in total. The van der Waals surface area contributed by atoms with Crippen LogP contribution in [-0.2, 0) is 19.3 Å². The SMILES string of the molecule is O=c1[nH]nc(CCN2CCSCC2)c2c1CCCC2. The van der Waals surface area contributed by atoms with E-state index in [9.17, 15) is 4.79 Å². The number of aromatic nitrogens is 2. The molecule has 5 heteroatoms.